The van der Waals surface area contributed by atoms with E-state index < -0.39 is 10.0 Å². The molecule has 7 heteroatoms. The van der Waals surface area contributed by atoms with Gasteiger partial charge >= 0.3 is 0 Å². The Morgan fingerprint density at radius 3 is 2.09 bits per heavy atom. The number of hydrogen-bond donors (Lipinski definition) is 2. The molecule has 0 aliphatic rings. The van der Waals surface area contributed by atoms with E-state index in [9.17, 15) is 13.2 Å². The van der Waals surface area contributed by atoms with Crippen LogP contribution in [-0.4, -0.2) is 14.3 Å². The Morgan fingerprint density at radius 1 is 0.824 bits per heavy atom. The molecule has 34 heavy (non-hydrogen) atoms. The molecule has 4 rings (SSSR count). The third-order valence-electron chi connectivity index (χ3n) is 5.44. The van der Waals surface area contributed by atoms with Crippen molar-refractivity contribution < 1.29 is 13.2 Å². The highest BCUT2D eigenvalue weighted by atomic mass is 35.5. The standard InChI is InChI=1S/C27H23ClN2O3S/c1-19-10-8-9-15-23(19)26(20-11-4-2-5-12-20)29-27(31)21-16-17-25(24(28)18-21)30-34(32,33)22-13-6-3-7-14-22/h2-18,26,30H,1H3,(H,29,31)/t26-/m0/s1. The number of halogens is 1. The van der Waals surface area contributed by atoms with Gasteiger partial charge < -0.3 is 5.32 Å². The second kappa shape index (κ2) is 10.1. The average Bonchev–Trinajstić information content (AvgIpc) is 2.85. The molecule has 0 fully saturated rings. The maximum absolute atomic E-state index is 13.2. The van der Waals surface area contributed by atoms with E-state index in [-0.39, 0.29) is 27.6 Å². The Hall–Kier alpha value is -3.61. The van der Waals surface area contributed by atoms with E-state index >= 15 is 0 Å². The van der Waals surface area contributed by atoms with Crippen LogP contribution in [0.5, 0.6) is 0 Å². The van der Waals surface area contributed by atoms with E-state index in [1.807, 2.05) is 61.5 Å². The molecule has 0 aromatic heterocycles. The quantitative estimate of drug-likeness (QED) is 0.335. The molecule has 1 atom stereocenters. The third-order valence-corrected chi connectivity index (χ3v) is 7.13. The van der Waals surface area contributed by atoms with Crippen molar-refractivity contribution >= 4 is 33.2 Å². The molecule has 0 aliphatic carbocycles. The summed E-state index contributed by atoms with van der Waals surface area (Å²) in [6.45, 7) is 2.00. The van der Waals surface area contributed by atoms with E-state index in [1.54, 1.807) is 24.3 Å². The molecule has 0 aliphatic heterocycles. The second-order valence-corrected chi connectivity index (χ2v) is 9.88. The van der Waals surface area contributed by atoms with Gasteiger partial charge in [-0.25, -0.2) is 8.42 Å². The van der Waals surface area contributed by atoms with Gasteiger partial charge in [0.2, 0.25) is 0 Å². The van der Waals surface area contributed by atoms with Gasteiger partial charge in [0.1, 0.15) is 0 Å². The van der Waals surface area contributed by atoms with Crippen LogP contribution in [0.25, 0.3) is 0 Å². The molecule has 5 nitrogen and oxygen atoms in total. The van der Waals surface area contributed by atoms with Gasteiger partial charge in [0.05, 0.1) is 21.6 Å². The van der Waals surface area contributed by atoms with Gasteiger partial charge in [-0.05, 0) is 53.9 Å². The molecular weight excluding hydrogens is 468 g/mol. The van der Waals surface area contributed by atoms with Crippen LogP contribution in [0.1, 0.15) is 33.1 Å². The summed E-state index contributed by atoms with van der Waals surface area (Å²) in [5.74, 6) is -0.323. The Bertz CT molecular complexity index is 1410. The number of anilines is 1. The summed E-state index contributed by atoms with van der Waals surface area (Å²) >= 11 is 6.36. The molecule has 2 N–H and O–H groups in total. The number of nitrogens with one attached hydrogen (secondary N) is 2. The number of hydrogen-bond acceptors (Lipinski definition) is 3. The molecule has 1 amide bonds. The molecule has 0 saturated heterocycles. The van der Waals surface area contributed by atoms with Crippen LogP contribution < -0.4 is 10.0 Å². The zero-order valence-electron chi connectivity index (χ0n) is 18.4. The Balaban J connectivity index is 1.59. The second-order valence-electron chi connectivity index (χ2n) is 7.79. The van der Waals surface area contributed by atoms with Crippen LogP contribution in [0, 0.1) is 6.92 Å². The molecule has 0 unspecified atom stereocenters. The molecule has 4 aromatic carbocycles. The number of carbonyl (C=O) groups excluding carboxylic acids is 1. The lowest BCUT2D eigenvalue weighted by atomic mass is 9.94. The largest absolute Gasteiger partial charge is 0.341 e. The Kier molecular flexibility index (Phi) is 7.01. The van der Waals surface area contributed by atoms with Crippen molar-refractivity contribution in [2.75, 3.05) is 4.72 Å². The third kappa shape index (κ3) is 5.30. The first-order valence-electron chi connectivity index (χ1n) is 10.6. The highest BCUT2D eigenvalue weighted by Gasteiger charge is 2.21. The van der Waals surface area contributed by atoms with Crippen LogP contribution in [-0.2, 0) is 10.0 Å². The van der Waals surface area contributed by atoms with Gasteiger partial charge in [0.15, 0.2) is 0 Å². The summed E-state index contributed by atoms with van der Waals surface area (Å²) in [7, 11) is -3.80. The number of carbonyl (C=O) groups is 1. The van der Waals surface area contributed by atoms with Gasteiger partial charge in [-0.15, -0.1) is 0 Å². The van der Waals surface area contributed by atoms with Crippen molar-refractivity contribution in [3.05, 3.63) is 130 Å². The maximum atomic E-state index is 13.2. The Labute approximate surface area is 204 Å². The summed E-state index contributed by atoms with van der Waals surface area (Å²) in [4.78, 5) is 13.3. The zero-order chi connectivity index (χ0) is 24.1. The maximum Gasteiger partial charge on any atom is 0.261 e. The average molecular weight is 491 g/mol. The smallest absolute Gasteiger partial charge is 0.261 e. The fraction of sp³-hybridized carbons (Fsp3) is 0.0741. The first kappa shape index (κ1) is 23.5. The van der Waals surface area contributed by atoms with Gasteiger partial charge in [0.25, 0.3) is 15.9 Å². The number of amides is 1. The van der Waals surface area contributed by atoms with Crippen molar-refractivity contribution in [3.8, 4) is 0 Å². The minimum atomic E-state index is -3.80. The topological polar surface area (TPSA) is 75.3 Å². The van der Waals surface area contributed by atoms with E-state index in [0.717, 1.165) is 16.7 Å². The minimum absolute atomic E-state index is 0.122. The highest BCUT2D eigenvalue weighted by molar-refractivity contribution is 7.92. The summed E-state index contributed by atoms with van der Waals surface area (Å²) in [6.07, 6.45) is 0. The van der Waals surface area contributed by atoms with E-state index in [0.29, 0.717) is 5.56 Å². The van der Waals surface area contributed by atoms with Crippen LogP contribution >= 0.6 is 11.6 Å². The molecule has 0 saturated carbocycles. The number of benzene rings is 4. The predicted molar refractivity (Wildman–Crippen MR) is 136 cm³/mol. The number of rotatable bonds is 7. The summed E-state index contributed by atoms with van der Waals surface area (Å²) in [5.41, 5.74) is 3.51. The number of aryl methyl sites for hydroxylation is 1. The summed E-state index contributed by atoms with van der Waals surface area (Å²) < 4.78 is 27.7. The van der Waals surface area contributed by atoms with E-state index in [4.69, 9.17) is 11.6 Å². The van der Waals surface area contributed by atoms with Crippen molar-refractivity contribution in [2.45, 2.75) is 17.9 Å². The fourth-order valence-corrected chi connectivity index (χ4v) is 5.04. The van der Waals surface area contributed by atoms with Crippen molar-refractivity contribution in [2.24, 2.45) is 0 Å². The highest BCUT2D eigenvalue weighted by Crippen LogP contribution is 2.28. The lowest BCUT2D eigenvalue weighted by Crippen LogP contribution is -2.29. The van der Waals surface area contributed by atoms with Crippen molar-refractivity contribution in [3.63, 3.8) is 0 Å². The predicted octanol–water partition coefficient (Wildman–Crippen LogP) is 5.97. The van der Waals surface area contributed by atoms with Crippen molar-refractivity contribution in [1.29, 1.82) is 0 Å². The van der Waals surface area contributed by atoms with Gasteiger partial charge in [-0.2, -0.15) is 0 Å². The van der Waals surface area contributed by atoms with E-state index in [1.165, 1.54) is 24.3 Å². The Morgan fingerprint density at radius 2 is 1.44 bits per heavy atom. The zero-order valence-corrected chi connectivity index (χ0v) is 20.0. The molecule has 0 heterocycles. The van der Waals surface area contributed by atoms with Gasteiger partial charge in [-0.1, -0.05) is 84.4 Å². The lowest BCUT2D eigenvalue weighted by molar-refractivity contribution is 0.0943. The monoisotopic (exact) mass is 490 g/mol. The molecular formula is C27H23ClN2O3S. The fourth-order valence-electron chi connectivity index (χ4n) is 3.65. The molecule has 0 spiro atoms. The van der Waals surface area contributed by atoms with Crippen LogP contribution in [0.15, 0.2) is 108 Å². The molecule has 172 valence electrons. The first-order chi connectivity index (χ1) is 16.3. The van der Waals surface area contributed by atoms with E-state index in [2.05, 4.69) is 10.0 Å². The van der Waals surface area contributed by atoms with Gasteiger partial charge in [0, 0.05) is 5.56 Å². The van der Waals surface area contributed by atoms with Crippen LogP contribution in [0.2, 0.25) is 5.02 Å². The molecule has 0 bridgehead atoms. The normalized spacial score (nSPS) is 12.1. The minimum Gasteiger partial charge on any atom is -0.341 e. The van der Waals surface area contributed by atoms with Crippen molar-refractivity contribution in [1.82, 2.24) is 5.32 Å². The summed E-state index contributed by atoms with van der Waals surface area (Å²) in [5, 5.41) is 3.22. The molecule has 0 radical (unpaired) electrons. The van der Waals surface area contributed by atoms with Gasteiger partial charge in [-0.3, -0.25) is 9.52 Å². The number of sulfonamides is 1. The first-order valence-corrected chi connectivity index (χ1v) is 12.5. The lowest BCUT2D eigenvalue weighted by Gasteiger charge is -2.22. The molecule has 4 aromatic rings. The van der Waals surface area contributed by atoms with Crippen LogP contribution in [0.3, 0.4) is 0 Å². The summed E-state index contributed by atoms with van der Waals surface area (Å²) in [6, 6.07) is 29.7. The SMILES string of the molecule is Cc1ccccc1[C@@H](NC(=O)c1ccc(NS(=O)(=O)c2ccccc2)c(Cl)c1)c1ccccc1. The van der Waals surface area contributed by atoms with Crippen LogP contribution in [0.4, 0.5) is 5.69 Å².